The molecule has 0 aromatic carbocycles. The molecule has 0 aromatic heterocycles. The van der Waals surface area contributed by atoms with E-state index in [1.165, 1.54) is 64.2 Å². The molecule has 0 fully saturated rings. The first-order valence-corrected chi connectivity index (χ1v) is 9.41. The molecule has 0 heterocycles. The maximum absolute atomic E-state index is 5.20. The fraction of sp³-hybridized carbons (Fsp3) is 0.941. The largest absolute Gasteiger partial charge is 0.357 e. The number of thiocarbonyl (C=S) groups is 1. The van der Waals surface area contributed by atoms with Gasteiger partial charge in [0.15, 0.2) is 0 Å². The van der Waals surface area contributed by atoms with Gasteiger partial charge in [0.2, 0.25) is 0 Å². The van der Waals surface area contributed by atoms with Crippen LogP contribution in [0.1, 0.15) is 85.0 Å². The standard InChI is InChI=1S/C17H35NS2/c1-4-5-6-7-8-9-10-11-12-13-14-18(17(19)20)15-16(2)3/h16H,4-15H2,1-3H3,(H,19,20). The SMILES string of the molecule is CCCCCCCCCCCCN(CC(C)C)C(=S)S. The molecule has 0 unspecified atom stereocenters. The van der Waals surface area contributed by atoms with Crippen molar-refractivity contribution in [1.29, 1.82) is 0 Å². The molecule has 0 spiro atoms. The molecule has 0 aliphatic carbocycles. The minimum atomic E-state index is 0.656. The van der Waals surface area contributed by atoms with Crippen LogP contribution in [0.4, 0.5) is 0 Å². The Kier molecular flexibility index (Phi) is 14.4. The summed E-state index contributed by atoms with van der Waals surface area (Å²) in [6.07, 6.45) is 13.8. The molecule has 0 bridgehead atoms. The second-order valence-electron chi connectivity index (χ2n) is 6.30. The Balaban J connectivity index is 3.39. The molecule has 120 valence electrons. The van der Waals surface area contributed by atoms with Crippen molar-refractivity contribution < 1.29 is 0 Å². The fourth-order valence-corrected chi connectivity index (χ4v) is 2.84. The highest BCUT2D eigenvalue weighted by atomic mass is 32.1. The van der Waals surface area contributed by atoms with E-state index < -0.39 is 0 Å². The molecule has 0 N–H and O–H groups in total. The molecule has 0 saturated heterocycles. The second kappa shape index (κ2) is 14.2. The fourth-order valence-electron chi connectivity index (χ4n) is 2.50. The molecule has 20 heavy (non-hydrogen) atoms. The summed E-state index contributed by atoms with van der Waals surface area (Å²) in [5.74, 6) is 0.656. The van der Waals surface area contributed by atoms with E-state index in [1.807, 2.05) is 0 Å². The van der Waals surface area contributed by atoms with E-state index in [0.717, 1.165) is 17.4 Å². The third-order valence-corrected chi connectivity index (χ3v) is 4.18. The van der Waals surface area contributed by atoms with Gasteiger partial charge in [-0.25, -0.2) is 0 Å². The van der Waals surface area contributed by atoms with Crippen molar-refractivity contribution in [3.8, 4) is 0 Å². The van der Waals surface area contributed by atoms with Crippen molar-refractivity contribution in [1.82, 2.24) is 4.90 Å². The molecule has 0 atom stereocenters. The predicted octanol–water partition coefficient (Wildman–Crippen LogP) is 6.08. The van der Waals surface area contributed by atoms with Gasteiger partial charge in [-0.15, -0.1) is 12.6 Å². The van der Waals surface area contributed by atoms with Crippen LogP contribution in [0.15, 0.2) is 0 Å². The zero-order valence-electron chi connectivity index (χ0n) is 13.9. The molecular weight excluding hydrogens is 282 g/mol. The van der Waals surface area contributed by atoms with Gasteiger partial charge in [-0.3, -0.25) is 0 Å². The first-order valence-electron chi connectivity index (χ1n) is 8.55. The van der Waals surface area contributed by atoms with Crippen molar-refractivity contribution in [2.24, 2.45) is 5.92 Å². The zero-order chi connectivity index (χ0) is 15.2. The summed E-state index contributed by atoms with van der Waals surface area (Å²) >= 11 is 9.52. The van der Waals surface area contributed by atoms with Gasteiger partial charge in [0.1, 0.15) is 4.32 Å². The summed E-state index contributed by atoms with van der Waals surface area (Å²) in [7, 11) is 0. The summed E-state index contributed by atoms with van der Waals surface area (Å²) in [5.41, 5.74) is 0. The van der Waals surface area contributed by atoms with Crippen LogP contribution in [-0.2, 0) is 0 Å². The maximum Gasteiger partial charge on any atom is 0.133 e. The molecule has 0 radical (unpaired) electrons. The minimum absolute atomic E-state index is 0.656. The van der Waals surface area contributed by atoms with E-state index in [1.54, 1.807) is 0 Å². The Hall–Kier alpha value is 0.240. The number of hydrogen-bond acceptors (Lipinski definition) is 1. The summed E-state index contributed by atoms with van der Waals surface area (Å²) in [6.45, 7) is 8.87. The average Bonchev–Trinajstić information content (AvgIpc) is 2.39. The lowest BCUT2D eigenvalue weighted by Gasteiger charge is -2.24. The second-order valence-corrected chi connectivity index (χ2v) is 7.42. The van der Waals surface area contributed by atoms with Crippen molar-refractivity contribution in [3.63, 3.8) is 0 Å². The minimum Gasteiger partial charge on any atom is -0.357 e. The van der Waals surface area contributed by atoms with Crippen LogP contribution in [0.25, 0.3) is 0 Å². The van der Waals surface area contributed by atoms with E-state index in [9.17, 15) is 0 Å². The highest BCUT2D eigenvalue weighted by molar-refractivity contribution is 8.10. The number of thiol groups is 1. The van der Waals surface area contributed by atoms with Gasteiger partial charge in [-0.05, 0) is 12.3 Å². The number of hydrogen-bond donors (Lipinski definition) is 1. The highest BCUT2D eigenvalue weighted by Gasteiger charge is 2.07. The maximum atomic E-state index is 5.20. The first kappa shape index (κ1) is 20.2. The average molecular weight is 318 g/mol. The van der Waals surface area contributed by atoms with Crippen molar-refractivity contribution in [3.05, 3.63) is 0 Å². The van der Waals surface area contributed by atoms with E-state index in [0.29, 0.717) is 5.92 Å². The van der Waals surface area contributed by atoms with Crippen molar-refractivity contribution in [2.45, 2.75) is 85.0 Å². The number of unbranched alkanes of at least 4 members (excludes halogenated alkanes) is 9. The smallest absolute Gasteiger partial charge is 0.133 e. The van der Waals surface area contributed by atoms with E-state index in [-0.39, 0.29) is 0 Å². The lowest BCUT2D eigenvalue weighted by molar-refractivity contribution is 0.364. The van der Waals surface area contributed by atoms with Gasteiger partial charge in [-0.1, -0.05) is 90.8 Å². The van der Waals surface area contributed by atoms with Crippen LogP contribution >= 0.6 is 24.8 Å². The summed E-state index contributed by atoms with van der Waals surface area (Å²) in [6, 6.07) is 0. The van der Waals surface area contributed by atoms with Crippen LogP contribution in [0.3, 0.4) is 0 Å². The van der Waals surface area contributed by atoms with Crippen molar-refractivity contribution >= 4 is 29.2 Å². The molecule has 0 rings (SSSR count). The highest BCUT2D eigenvalue weighted by Crippen LogP contribution is 2.11. The van der Waals surface area contributed by atoms with E-state index in [4.69, 9.17) is 12.2 Å². The van der Waals surface area contributed by atoms with Crippen LogP contribution in [-0.4, -0.2) is 22.3 Å². The lowest BCUT2D eigenvalue weighted by Crippen LogP contribution is -2.30. The number of nitrogens with zero attached hydrogens (tertiary/aromatic N) is 1. The molecule has 3 heteroatoms. The van der Waals surface area contributed by atoms with Crippen LogP contribution < -0.4 is 0 Å². The predicted molar refractivity (Wildman–Crippen MR) is 99.8 cm³/mol. The Bertz CT molecular complexity index is 229. The van der Waals surface area contributed by atoms with Gasteiger partial charge in [0.05, 0.1) is 0 Å². The first-order chi connectivity index (χ1) is 9.57. The van der Waals surface area contributed by atoms with Crippen LogP contribution in [0, 0.1) is 5.92 Å². The molecule has 0 amide bonds. The molecule has 0 saturated carbocycles. The quantitative estimate of drug-likeness (QED) is 0.249. The molecule has 0 aromatic rings. The summed E-state index contributed by atoms with van der Waals surface area (Å²) in [5, 5.41) is 0. The van der Waals surface area contributed by atoms with Gasteiger partial charge in [0.25, 0.3) is 0 Å². The Morgan fingerprint density at radius 1 is 0.900 bits per heavy atom. The summed E-state index contributed by atoms with van der Waals surface area (Å²) < 4.78 is 0.759. The molecular formula is C17H35NS2. The lowest BCUT2D eigenvalue weighted by atomic mass is 10.1. The van der Waals surface area contributed by atoms with Crippen LogP contribution in [0.2, 0.25) is 0 Å². The molecule has 1 nitrogen and oxygen atoms in total. The summed E-state index contributed by atoms with van der Waals surface area (Å²) in [4.78, 5) is 2.24. The molecule has 0 aliphatic heterocycles. The van der Waals surface area contributed by atoms with Gasteiger partial charge in [0, 0.05) is 13.1 Å². The Labute approximate surface area is 138 Å². The zero-order valence-corrected chi connectivity index (χ0v) is 15.6. The Morgan fingerprint density at radius 2 is 1.35 bits per heavy atom. The van der Waals surface area contributed by atoms with Gasteiger partial charge >= 0.3 is 0 Å². The monoisotopic (exact) mass is 317 g/mol. The normalized spacial score (nSPS) is 11.1. The van der Waals surface area contributed by atoms with Gasteiger partial charge in [-0.2, -0.15) is 0 Å². The molecule has 0 aliphatic rings. The van der Waals surface area contributed by atoms with Crippen LogP contribution in [0.5, 0.6) is 0 Å². The van der Waals surface area contributed by atoms with E-state index in [2.05, 4.69) is 38.3 Å². The Morgan fingerprint density at radius 3 is 1.75 bits per heavy atom. The van der Waals surface area contributed by atoms with Crippen molar-refractivity contribution in [2.75, 3.05) is 13.1 Å². The van der Waals surface area contributed by atoms with E-state index >= 15 is 0 Å². The topological polar surface area (TPSA) is 3.24 Å². The third-order valence-electron chi connectivity index (χ3n) is 3.64. The third kappa shape index (κ3) is 13.2. The number of rotatable bonds is 13. The van der Waals surface area contributed by atoms with Gasteiger partial charge < -0.3 is 4.90 Å².